The normalized spacial score (nSPS) is 16.8. The molecule has 2 aromatic heterocycles. The molecular weight excluding hydrogens is 397 g/mol. The predicted octanol–water partition coefficient (Wildman–Crippen LogP) is 4.87. The first-order valence-corrected chi connectivity index (χ1v) is 10.7. The molecule has 0 radical (unpaired) electrons. The molecule has 0 saturated carbocycles. The van der Waals surface area contributed by atoms with Crippen LogP contribution in [0.3, 0.4) is 0 Å². The van der Waals surface area contributed by atoms with Crippen LogP contribution in [0.2, 0.25) is 0 Å². The molecule has 4 aromatic rings. The monoisotopic (exact) mass is 413 g/mol. The largest absolute Gasteiger partial charge is 0.376 e. The Morgan fingerprint density at radius 3 is 2.79 bits per heavy atom. The first-order valence-electron chi connectivity index (χ1n) is 9.03. The highest BCUT2D eigenvalue weighted by atomic mass is 32.1. The van der Waals surface area contributed by atoms with E-state index in [9.17, 15) is 9.18 Å². The molecule has 1 saturated heterocycles. The van der Waals surface area contributed by atoms with E-state index < -0.39 is 0 Å². The molecule has 8 heteroatoms. The van der Waals surface area contributed by atoms with Gasteiger partial charge in [-0.1, -0.05) is 29.5 Å². The zero-order valence-electron chi connectivity index (χ0n) is 14.8. The molecule has 0 N–H and O–H groups in total. The van der Waals surface area contributed by atoms with Crippen molar-refractivity contribution in [3.8, 4) is 0 Å². The highest BCUT2D eigenvalue weighted by Gasteiger charge is 2.29. The fourth-order valence-corrected chi connectivity index (χ4v) is 5.24. The number of ether oxygens (including phenoxy) is 1. The lowest BCUT2D eigenvalue weighted by atomic mass is 10.2. The van der Waals surface area contributed by atoms with Crippen molar-refractivity contribution in [3.63, 3.8) is 0 Å². The number of fused-ring (bicyclic) bond motifs is 2. The molecule has 0 bridgehead atoms. The lowest BCUT2D eigenvalue weighted by Crippen LogP contribution is -2.37. The van der Waals surface area contributed by atoms with Crippen LogP contribution >= 0.6 is 22.7 Å². The van der Waals surface area contributed by atoms with Gasteiger partial charge in [0.15, 0.2) is 10.1 Å². The summed E-state index contributed by atoms with van der Waals surface area (Å²) in [6.07, 6.45) is 1.82. The number of benzene rings is 2. The van der Waals surface area contributed by atoms with E-state index in [0.29, 0.717) is 28.0 Å². The molecule has 28 heavy (non-hydrogen) atoms. The Morgan fingerprint density at radius 2 is 2.00 bits per heavy atom. The van der Waals surface area contributed by atoms with E-state index in [-0.39, 0.29) is 23.3 Å². The third kappa shape index (κ3) is 3.17. The summed E-state index contributed by atoms with van der Waals surface area (Å²) in [6.45, 7) is 1.08. The van der Waals surface area contributed by atoms with Crippen LogP contribution in [0.1, 0.15) is 22.6 Å². The van der Waals surface area contributed by atoms with Crippen LogP contribution in [-0.2, 0) is 4.74 Å². The topological polar surface area (TPSA) is 55.3 Å². The van der Waals surface area contributed by atoms with Gasteiger partial charge in [0, 0.05) is 6.61 Å². The van der Waals surface area contributed by atoms with E-state index in [0.717, 1.165) is 23.1 Å². The smallest absolute Gasteiger partial charge is 0.289 e. The summed E-state index contributed by atoms with van der Waals surface area (Å²) in [7, 11) is 0. The minimum Gasteiger partial charge on any atom is -0.376 e. The second kappa shape index (κ2) is 7.20. The SMILES string of the molecule is O=C(c1nc2ccccc2s1)N(CC1CCCO1)c1nc2c(F)cccc2s1. The minimum absolute atomic E-state index is 0.0461. The van der Waals surface area contributed by atoms with Crippen LogP contribution in [0, 0.1) is 5.82 Å². The molecule has 0 aliphatic carbocycles. The molecular formula is C20H16FN3O2S2. The van der Waals surface area contributed by atoms with Crippen LogP contribution in [0.5, 0.6) is 0 Å². The van der Waals surface area contributed by atoms with Crippen LogP contribution in [0.4, 0.5) is 9.52 Å². The highest BCUT2D eigenvalue weighted by molar-refractivity contribution is 7.23. The molecule has 1 fully saturated rings. The van der Waals surface area contributed by atoms with Gasteiger partial charge in [0.05, 0.1) is 27.6 Å². The maximum absolute atomic E-state index is 14.1. The van der Waals surface area contributed by atoms with Crippen molar-refractivity contribution in [3.05, 3.63) is 53.3 Å². The lowest BCUT2D eigenvalue weighted by molar-refractivity contribution is 0.0917. The van der Waals surface area contributed by atoms with Gasteiger partial charge in [0.1, 0.15) is 11.3 Å². The third-order valence-electron chi connectivity index (χ3n) is 4.72. The summed E-state index contributed by atoms with van der Waals surface area (Å²) in [6, 6.07) is 12.5. The standard InChI is InChI=1S/C20H16FN3O2S2/c21-13-6-3-9-16-17(13)23-20(28-16)24(11-12-5-4-10-26-12)19(25)18-22-14-7-1-2-8-15(14)27-18/h1-3,6-9,12H,4-5,10-11H2. The molecule has 0 spiro atoms. The first kappa shape index (κ1) is 17.7. The number of thiazole rings is 2. The maximum atomic E-state index is 14.1. The number of hydrogen-bond acceptors (Lipinski definition) is 6. The van der Waals surface area contributed by atoms with Crippen molar-refractivity contribution in [2.24, 2.45) is 0 Å². The number of amides is 1. The minimum atomic E-state index is -0.385. The van der Waals surface area contributed by atoms with Crippen molar-refractivity contribution < 1.29 is 13.9 Å². The Hall–Kier alpha value is -2.42. The molecule has 3 heterocycles. The van der Waals surface area contributed by atoms with E-state index in [4.69, 9.17) is 4.74 Å². The van der Waals surface area contributed by atoms with E-state index in [2.05, 4.69) is 9.97 Å². The molecule has 1 atom stereocenters. The molecule has 1 unspecified atom stereocenters. The fourth-order valence-electron chi connectivity index (χ4n) is 3.34. The average Bonchev–Trinajstić information content (AvgIpc) is 3.44. The zero-order chi connectivity index (χ0) is 19.1. The second-order valence-corrected chi connectivity index (χ2v) is 8.66. The number of para-hydroxylation sites is 2. The van der Waals surface area contributed by atoms with E-state index in [1.165, 1.54) is 28.7 Å². The Morgan fingerprint density at radius 1 is 1.14 bits per heavy atom. The van der Waals surface area contributed by atoms with Crippen molar-refractivity contribution in [1.82, 2.24) is 9.97 Å². The van der Waals surface area contributed by atoms with Gasteiger partial charge in [0.25, 0.3) is 5.91 Å². The van der Waals surface area contributed by atoms with Gasteiger partial charge in [-0.2, -0.15) is 0 Å². The first-order chi connectivity index (χ1) is 13.7. The molecule has 1 aliphatic rings. The Balaban J connectivity index is 1.56. The molecule has 2 aromatic carbocycles. The van der Waals surface area contributed by atoms with Crippen molar-refractivity contribution in [2.75, 3.05) is 18.1 Å². The summed E-state index contributed by atoms with van der Waals surface area (Å²) in [4.78, 5) is 23.9. The average molecular weight is 413 g/mol. The van der Waals surface area contributed by atoms with E-state index in [1.807, 2.05) is 30.3 Å². The van der Waals surface area contributed by atoms with Crippen LogP contribution < -0.4 is 4.90 Å². The Kier molecular flexibility index (Phi) is 4.54. The van der Waals surface area contributed by atoms with Gasteiger partial charge in [-0.25, -0.2) is 14.4 Å². The van der Waals surface area contributed by atoms with Crippen molar-refractivity contribution in [2.45, 2.75) is 18.9 Å². The van der Waals surface area contributed by atoms with E-state index in [1.54, 1.807) is 11.0 Å². The summed E-state index contributed by atoms with van der Waals surface area (Å²) in [5.41, 5.74) is 1.08. The van der Waals surface area contributed by atoms with Gasteiger partial charge in [0.2, 0.25) is 0 Å². The maximum Gasteiger partial charge on any atom is 0.289 e. The molecule has 1 amide bonds. The number of anilines is 1. The molecule has 1 aliphatic heterocycles. The number of rotatable bonds is 4. The number of halogens is 1. The fraction of sp³-hybridized carbons (Fsp3) is 0.250. The zero-order valence-corrected chi connectivity index (χ0v) is 16.4. The number of hydrogen-bond donors (Lipinski definition) is 0. The number of nitrogens with zero attached hydrogens (tertiary/aromatic N) is 3. The molecule has 5 rings (SSSR count). The summed E-state index contributed by atoms with van der Waals surface area (Å²) < 4.78 is 21.5. The van der Waals surface area contributed by atoms with Crippen molar-refractivity contribution in [1.29, 1.82) is 0 Å². The third-order valence-corrected chi connectivity index (χ3v) is 6.79. The summed E-state index contributed by atoms with van der Waals surface area (Å²) in [5.74, 6) is -0.610. The number of aromatic nitrogens is 2. The van der Waals surface area contributed by atoms with Crippen LogP contribution in [0.15, 0.2) is 42.5 Å². The Bertz CT molecular complexity index is 1130. The quantitative estimate of drug-likeness (QED) is 0.479. The van der Waals surface area contributed by atoms with Crippen LogP contribution in [-0.4, -0.2) is 35.1 Å². The van der Waals surface area contributed by atoms with Gasteiger partial charge >= 0.3 is 0 Å². The van der Waals surface area contributed by atoms with Gasteiger partial charge in [-0.3, -0.25) is 9.69 Å². The summed E-state index contributed by atoms with van der Waals surface area (Å²) in [5, 5.41) is 0.874. The second-order valence-electron chi connectivity index (χ2n) is 6.62. The number of carbonyl (C=O) groups is 1. The van der Waals surface area contributed by atoms with Gasteiger partial charge in [-0.05, 0) is 37.1 Å². The highest BCUT2D eigenvalue weighted by Crippen LogP contribution is 2.33. The van der Waals surface area contributed by atoms with Gasteiger partial charge < -0.3 is 4.74 Å². The molecule has 5 nitrogen and oxygen atoms in total. The summed E-state index contributed by atoms with van der Waals surface area (Å²) >= 11 is 2.66. The lowest BCUT2D eigenvalue weighted by Gasteiger charge is -2.22. The van der Waals surface area contributed by atoms with Gasteiger partial charge in [-0.15, -0.1) is 11.3 Å². The predicted molar refractivity (Wildman–Crippen MR) is 110 cm³/mol. The number of carbonyl (C=O) groups excluding carboxylic acids is 1. The van der Waals surface area contributed by atoms with E-state index >= 15 is 0 Å². The van der Waals surface area contributed by atoms with Crippen LogP contribution in [0.25, 0.3) is 20.4 Å². The van der Waals surface area contributed by atoms with Crippen molar-refractivity contribution >= 4 is 54.1 Å². The Labute approximate surface area is 168 Å². The molecule has 142 valence electrons.